The number of carbonyl (C=O) groups excluding carboxylic acids is 1. The maximum Gasteiger partial charge on any atom is 0.356 e. The van der Waals surface area contributed by atoms with E-state index in [4.69, 9.17) is 0 Å². The number of hydrogen-bond acceptors (Lipinski definition) is 6. The van der Waals surface area contributed by atoms with Crippen LogP contribution in [-0.2, 0) is 4.74 Å². The minimum atomic E-state index is -0.640. The molecule has 2 aromatic rings. The number of nitrogens with zero attached hydrogens (tertiary/aromatic N) is 2. The molecule has 0 aliphatic heterocycles. The molecule has 0 atom stereocenters. The van der Waals surface area contributed by atoms with Crippen molar-refractivity contribution in [2.75, 3.05) is 7.11 Å². The number of halogens is 1. The number of benzene rings is 1. The van der Waals surface area contributed by atoms with Crippen LogP contribution in [0.3, 0.4) is 0 Å². The third-order valence-electron chi connectivity index (χ3n) is 2.47. The van der Waals surface area contributed by atoms with Crippen LogP contribution >= 0.6 is 27.7 Å². The van der Waals surface area contributed by atoms with E-state index < -0.39 is 10.9 Å². The lowest BCUT2D eigenvalue weighted by Gasteiger charge is -2.06. The van der Waals surface area contributed by atoms with Crippen molar-refractivity contribution in [2.24, 2.45) is 0 Å². The maximum atomic E-state index is 11.5. The summed E-state index contributed by atoms with van der Waals surface area (Å²) in [5.74, 6) is -0.640. The lowest BCUT2D eigenvalue weighted by atomic mass is 10.3. The summed E-state index contributed by atoms with van der Waals surface area (Å²) in [5, 5.41) is 11.2. The van der Waals surface area contributed by atoms with Crippen molar-refractivity contribution < 1.29 is 14.5 Å². The third-order valence-corrected chi connectivity index (χ3v) is 4.50. The standard InChI is InChI=1S/C13H9BrN2O4S/c1-20-13(17)9-6-7-10(16(18)19)12(15-9)21-11-5-3-2-4-8(11)14/h2-7H,1H3. The van der Waals surface area contributed by atoms with Crippen LogP contribution in [-0.4, -0.2) is 23.0 Å². The van der Waals surface area contributed by atoms with Crippen molar-refractivity contribution in [3.05, 3.63) is 56.7 Å². The van der Waals surface area contributed by atoms with Crippen molar-refractivity contribution in [1.29, 1.82) is 0 Å². The Bertz CT molecular complexity index is 708. The smallest absolute Gasteiger partial charge is 0.356 e. The Labute approximate surface area is 132 Å². The first-order chi connectivity index (χ1) is 10.0. The summed E-state index contributed by atoms with van der Waals surface area (Å²) in [6.45, 7) is 0. The summed E-state index contributed by atoms with van der Waals surface area (Å²) in [6.07, 6.45) is 0. The van der Waals surface area contributed by atoms with Crippen LogP contribution in [0.1, 0.15) is 10.5 Å². The highest BCUT2D eigenvalue weighted by molar-refractivity contribution is 9.10. The molecule has 0 radical (unpaired) electrons. The molecule has 0 N–H and O–H groups in total. The van der Waals surface area contributed by atoms with Gasteiger partial charge in [-0.3, -0.25) is 10.1 Å². The van der Waals surface area contributed by atoms with Crippen LogP contribution in [0.25, 0.3) is 0 Å². The van der Waals surface area contributed by atoms with E-state index in [9.17, 15) is 14.9 Å². The summed E-state index contributed by atoms with van der Waals surface area (Å²) in [7, 11) is 1.23. The molecule has 1 aromatic carbocycles. The van der Waals surface area contributed by atoms with Gasteiger partial charge in [0.05, 0.1) is 12.0 Å². The third kappa shape index (κ3) is 3.59. The maximum absolute atomic E-state index is 11.5. The second-order valence-corrected chi connectivity index (χ2v) is 5.69. The zero-order valence-corrected chi connectivity index (χ0v) is 13.2. The Morgan fingerprint density at radius 2 is 2.05 bits per heavy atom. The van der Waals surface area contributed by atoms with Gasteiger partial charge in [-0.2, -0.15) is 0 Å². The van der Waals surface area contributed by atoms with Gasteiger partial charge in [0, 0.05) is 15.4 Å². The Hall–Kier alpha value is -1.93. The molecule has 0 bridgehead atoms. The van der Waals surface area contributed by atoms with E-state index in [1.54, 1.807) is 6.07 Å². The van der Waals surface area contributed by atoms with Gasteiger partial charge in [0.25, 0.3) is 0 Å². The lowest BCUT2D eigenvalue weighted by molar-refractivity contribution is -0.388. The van der Waals surface area contributed by atoms with Gasteiger partial charge in [0.2, 0.25) is 0 Å². The molecule has 6 nitrogen and oxygen atoms in total. The van der Waals surface area contributed by atoms with Crippen LogP contribution < -0.4 is 0 Å². The molecule has 0 saturated heterocycles. The SMILES string of the molecule is COC(=O)c1ccc([N+](=O)[O-])c(Sc2ccccc2Br)n1. The molecule has 0 amide bonds. The largest absolute Gasteiger partial charge is 0.464 e. The first-order valence-electron chi connectivity index (χ1n) is 5.69. The molecule has 1 aromatic heterocycles. The molecule has 0 fully saturated rings. The zero-order valence-electron chi connectivity index (χ0n) is 10.8. The Morgan fingerprint density at radius 3 is 2.67 bits per heavy atom. The summed E-state index contributed by atoms with van der Waals surface area (Å²) in [4.78, 5) is 26.8. The number of nitro groups is 1. The molecule has 0 spiro atoms. The quantitative estimate of drug-likeness (QED) is 0.464. The molecule has 0 saturated carbocycles. The van der Waals surface area contributed by atoms with Crippen molar-refractivity contribution >= 4 is 39.3 Å². The van der Waals surface area contributed by atoms with Crippen molar-refractivity contribution in [1.82, 2.24) is 4.98 Å². The molecule has 108 valence electrons. The predicted octanol–water partition coefficient (Wildman–Crippen LogP) is 3.69. The van der Waals surface area contributed by atoms with E-state index in [2.05, 4.69) is 25.7 Å². The second kappa shape index (κ2) is 6.68. The van der Waals surface area contributed by atoms with Crippen LogP contribution in [0.2, 0.25) is 0 Å². The van der Waals surface area contributed by atoms with Gasteiger partial charge in [-0.05, 0) is 34.1 Å². The van der Waals surface area contributed by atoms with E-state index in [1.807, 2.05) is 18.2 Å². The van der Waals surface area contributed by atoms with Gasteiger partial charge in [-0.1, -0.05) is 23.9 Å². The number of carbonyl (C=O) groups is 1. The number of hydrogen-bond donors (Lipinski definition) is 0. The van der Waals surface area contributed by atoms with E-state index in [-0.39, 0.29) is 16.4 Å². The van der Waals surface area contributed by atoms with E-state index in [0.29, 0.717) is 0 Å². The Morgan fingerprint density at radius 1 is 1.33 bits per heavy atom. The molecule has 8 heteroatoms. The molecule has 0 aliphatic rings. The van der Waals surface area contributed by atoms with Crippen LogP contribution in [0.5, 0.6) is 0 Å². The van der Waals surface area contributed by atoms with Crippen LogP contribution in [0.4, 0.5) is 5.69 Å². The summed E-state index contributed by atoms with van der Waals surface area (Å²) < 4.78 is 5.36. The molecule has 1 heterocycles. The Kier molecular flexibility index (Phi) is 4.92. The summed E-state index contributed by atoms with van der Waals surface area (Å²) >= 11 is 4.47. The van der Waals surface area contributed by atoms with Crippen molar-refractivity contribution in [3.63, 3.8) is 0 Å². The number of aromatic nitrogens is 1. The zero-order chi connectivity index (χ0) is 15.4. The summed E-state index contributed by atoms with van der Waals surface area (Å²) in [5.41, 5.74) is -0.138. The van der Waals surface area contributed by atoms with Gasteiger partial charge in [-0.25, -0.2) is 9.78 Å². The predicted molar refractivity (Wildman–Crippen MR) is 80.5 cm³/mol. The van der Waals surface area contributed by atoms with E-state index in [0.717, 1.165) is 21.1 Å². The Balaban J connectivity index is 2.46. The van der Waals surface area contributed by atoms with Crippen LogP contribution in [0, 0.1) is 10.1 Å². The van der Waals surface area contributed by atoms with Gasteiger partial charge < -0.3 is 4.74 Å². The number of ether oxygens (including phenoxy) is 1. The van der Waals surface area contributed by atoms with Gasteiger partial charge >= 0.3 is 11.7 Å². The molecule has 0 unspecified atom stereocenters. The van der Waals surface area contributed by atoms with E-state index >= 15 is 0 Å². The van der Waals surface area contributed by atoms with Crippen LogP contribution in [0.15, 0.2) is 50.8 Å². The minimum Gasteiger partial charge on any atom is -0.464 e. The topological polar surface area (TPSA) is 82.3 Å². The molecule has 21 heavy (non-hydrogen) atoms. The first kappa shape index (κ1) is 15.5. The van der Waals surface area contributed by atoms with E-state index in [1.165, 1.54) is 19.2 Å². The number of methoxy groups -OCH3 is 1. The number of esters is 1. The number of pyridine rings is 1. The fourth-order valence-corrected chi connectivity index (χ4v) is 2.94. The molecule has 0 aliphatic carbocycles. The second-order valence-electron chi connectivity index (χ2n) is 3.80. The highest BCUT2D eigenvalue weighted by atomic mass is 79.9. The fourth-order valence-electron chi connectivity index (χ4n) is 1.50. The van der Waals surface area contributed by atoms with Crippen molar-refractivity contribution in [3.8, 4) is 0 Å². The molecule has 2 rings (SSSR count). The van der Waals surface area contributed by atoms with Crippen molar-refractivity contribution in [2.45, 2.75) is 9.92 Å². The number of rotatable bonds is 4. The van der Waals surface area contributed by atoms with Gasteiger partial charge in [0.1, 0.15) is 5.69 Å². The summed E-state index contributed by atoms with van der Waals surface area (Å²) in [6, 6.07) is 9.78. The average Bonchev–Trinajstić information content (AvgIpc) is 2.48. The minimum absolute atomic E-state index is 0.0256. The first-order valence-corrected chi connectivity index (χ1v) is 7.30. The highest BCUT2D eigenvalue weighted by Gasteiger charge is 2.20. The monoisotopic (exact) mass is 368 g/mol. The fraction of sp³-hybridized carbons (Fsp3) is 0.0769. The normalized spacial score (nSPS) is 10.2. The molecular weight excluding hydrogens is 360 g/mol. The lowest BCUT2D eigenvalue weighted by Crippen LogP contribution is -2.06. The highest BCUT2D eigenvalue weighted by Crippen LogP contribution is 2.36. The van der Waals surface area contributed by atoms with Gasteiger partial charge in [-0.15, -0.1) is 0 Å². The van der Waals surface area contributed by atoms with Gasteiger partial charge in [0.15, 0.2) is 5.03 Å². The average molecular weight is 369 g/mol. The molecular formula is C13H9BrN2O4S.